The van der Waals surface area contributed by atoms with E-state index in [0.29, 0.717) is 0 Å². The quantitative estimate of drug-likeness (QED) is 0.503. The maximum atomic E-state index is 3.99. The van der Waals surface area contributed by atoms with Gasteiger partial charge in [-0.2, -0.15) is 0 Å². The molecule has 0 nitrogen and oxygen atoms in total. The highest BCUT2D eigenvalue weighted by molar-refractivity contribution is 5.99. The number of hydrogen-bond donors (Lipinski definition) is 0. The number of fused-ring (bicyclic) bond motifs is 2. The van der Waals surface area contributed by atoms with Crippen molar-refractivity contribution in [2.45, 2.75) is 6.92 Å². The zero-order valence-corrected chi connectivity index (χ0v) is 9.90. The van der Waals surface area contributed by atoms with Gasteiger partial charge in [-0.25, -0.2) is 0 Å². The summed E-state index contributed by atoms with van der Waals surface area (Å²) in [6.45, 7) is 6.04. The molecular formula is C17H14. The maximum absolute atomic E-state index is 3.99. The second kappa shape index (κ2) is 3.74. The molecule has 0 heterocycles. The summed E-state index contributed by atoms with van der Waals surface area (Å²) in [5, 5.41) is 5.15. The van der Waals surface area contributed by atoms with Crippen LogP contribution in [0.4, 0.5) is 0 Å². The summed E-state index contributed by atoms with van der Waals surface area (Å²) in [6, 6.07) is 19.5. The van der Waals surface area contributed by atoms with E-state index in [2.05, 4.69) is 61.2 Å². The Kier molecular flexibility index (Phi) is 2.22. The van der Waals surface area contributed by atoms with Gasteiger partial charge < -0.3 is 0 Å². The zero-order valence-electron chi connectivity index (χ0n) is 9.90. The molecule has 0 bridgehead atoms. The smallest absolute Gasteiger partial charge is 0.0172 e. The molecule has 0 aromatic heterocycles. The van der Waals surface area contributed by atoms with E-state index in [9.17, 15) is 0 Å². The van der Waals surface area contributed by atoms with Gasteiger partial charge in [0.2, 0.25) is 0 Å². The second-order valence-corrected chi connectivity index (χ2v) is 4.54. The molecule has 0 saturated heterocycles. The lowest BCUT2D eigenvalue weighted by Gasteiger charge is -2.05. The van der Waals surface area contributed by atoms with Crippen LogP contribution in [0.25, 0.3) is 27.1 Å². The van der Waals surface area contributed by atoms with Crippen LogP contribution in [0.1, 0.15) is 12.5 Å². The van der Waals surface area contributed by atoms with Crippen LogP contribution >= 0.6 is 0 Å². The van der Waals surface area contributed by atoms with Crippen LogP contribution in [-0.4, -0.2) is 0 Å². The summed E-state index contributed by atoms with van der Waals surface area (Å²) in [5.74, 6) is 0. The Hall–Kier alpha value is -2.08. The first-order chi connectivity index (χ1) is 8.24. The van der Waals surface area contributed by atoms with E-state index >= 15 is 0 Å². The van der Waals surface area contributed by atoms with Crippen LogP contribution in [0, 0.1) is 0 Å². The topological polar surface area (TPSA) is 0 Å². The first kappa shape index (κ1) is 10.1. The highest BCUT2D eigenvalue weighted by Crippen LogP contribution is 2.25. The molecule has 82 valence electrons. The monoisotopic (exact) mass is 218 g/mol. The summed E-state index contributed by atoms with van der Waals surface area (Å²) >= 11 is 0. The average Bonchev–Trinajstić information content (AvgIpc) is 2.35. The van der Waals surface area contributed by atoms with Crippen LogP contribution in [0.5, 0.6) is 0 Å². The van der Waals surface area contributed by atoms with Crippen molar-refractivity contribution < 1.29 is 0 Å². The summed E-state index contributed by atoms with van der Waals surface area (Å²) < 4.78 is 0. The van der Waals surface area contributed by atoms with Gasteiger partial charge in [-0.3, -0.25) is 0 Å². The van der Waals surface area contributed by atoms with Gasteiger partial charge in [0, 0.05) is 0 Å². The van der Waals surface area contributed by atoms with Crippen molar-refractivity contribution in [1.29, 1.82) is 0 Å². The van der Waals surface area contributed by atoms with Crippen LogP contribution in [-0.2, 0) is 0 Å². The van der Waals surface area contributed by atoms with Crippen molar-refractivity contribution in [3.63, 3.8) is 0 Å². The van der Waals surface area contributed by atoms with E-state index in [1.54, 1.807) is 0 Å². The second-order valence-electron chi connectivity index (χ2n) is 4.54. The van der Waals surface area contributed by atoms with Gasteiger partial charge in [0.25, 0.3) is 0 Å². The average molecular weight is 218 g/mol. The number of benzene rings is 3. The summed E-state index contributed by atoms with van der Waals surface area (Å²) in [5.41, 5.74) is 2.33. The van der Waals surface area contributed by atoms with Gasteiger partial charge in [0.15, 0.2) is 0 Å². The molecule has 0 aliphatic carbocycles. The molecular weight excluding hydrogens is 204 g/mol. The fraction of sp³-hybridized carbons (Fsp3) is 0.0588. The molecule has 17 heavy (non-hydrogen) atoms. The van der Waals surface area contributed by atoms with Crippen LogP contribution in [0.2, 0.25) is 0 Å². The molecule has 3 rings (SSSR count). The Balaban J connectivity index is 2.36. The standard InChI is InChI=1S/C17H14/c1-12(2)13-7-8-16-10-14-5-3-4-6-15(14)11-17(16)9-13/h3-11H,1H2,2H3. The molecule has 0 N–H and O–H groups in total. The minimum Gasteiger partial charge on any atom is -0.0955 e. The molecule has 0 radical (unpaired) electrons. The van der Waals surface area contributed by atoms with Crippen LogP contribution in [0.3, 0.4) is 0 Å². The third-order valence-corrected chi connectivity index (χ3v) is 3.20. The van der Waals surface area contributed by atoms with Crippen molar-refractivity contribution in [3.8, 4) is 0 Å². The third-order valence-electron chi connectivity index (χ3n) is 3.20. The Bertz CT molecular complexity index is 720. The van der Waals surface area contributed by atoms with Crippen LogP contribution in [0.15, 0.2) is 61.2 Å². The van der Waals surface area contributed by atoms with Gasteiger partial charge >= 0.3 is 0 Å². The predicted molar refractivity (Wildman–Crippen MR) is 76.2 cm³/mol. The molecule has 3 aromatic rings. The summed E-state index contributed by atoms with van der Waals surface area (Å²) in [7, 11) is 0. The van der Waals surface area contributed by atoms with E-state index in [1.807, 2.05) is 6.92 Å². The molecule has 0 saturated carbocycles. The first-order valence-electron chi connectivity index (χ1n) is 5.82. The lowest BCUT2D eigenvalue weighted by atomic mass is 10.00. The Labute approximate surface area is 101 Å². The first-order valence-corrected chi connectivity index (χ1v) is 5.82. The third kappa shape index (κ3) is 1.72. The van der Waals surface area contributed by atoms with Crippen molar-refractivity contribution in [1.82, 2.24) is 0 Å². The SMILES string of the molecule is C=C(C)c1ccc2cc3ccccc3cc2c1. The van der Waals surface area contributed by atoms with Crippen molar-refractivity contribution in [3.05, 3.63) is 66.7 Å². The molecule has 0 aliphatic rings. The fourth-order valence-corrected chi connectivity index (χ4v) is 2.21. The minimum absolute atomic E-state index is 1.11. The van der Waals surface area contributed by atoms with E-state index < -0.39 is 0 Å². The molecule has 0 spiro atoms. The van der Waals surface area contributed by atoms with Gasteiger partial charge in [0.05, 0.1) is 0 Å². The lowest BCUT2D eigenvalue weighted by Crippen LogP contribution is -1.80. The molecule has 0 atom stereocenters. The Morgan fingerprint density at radius 1 is 0.765 bits per heavy atom. The number of rotatable bonds is 1. The molecule has 3 aromatic carbocycles. The number of allylic oxidation sites excluding steroid dienone is 1. The predicted octanol–water partition coefficient (Wildman–Crippen LogP) is 5.03. The van der Waals surface area contributed by atoms with Crippen molar-refractivity contribution >= 4 is 27.1 Å². The Morgan fingerprint density at radius 2 is 1.35 bits per heavy atom. The summed E-state index contributed by atoms with van der Waals surface area (Å²) in [4.78, 5) is 0. The highest BCUT2D eigenvalue weighted by atomic mass is 14.0. The lowest BCUT2D eigenvalue weighted by molar-refractivity contribution is 1.63. The van der Waals surface area contributed by atoms with E-state index in [-0.39, 0.29) is 0 Å². The molecule has 0 aliphatic heterocycles. The van der Waals surface area contributed by atoms with E-state index in [4.69, 9.17) is 0 Å². The molecule has 0 amide bonds. The van der Waals surface area contributed by atoms with Crippen molar-refractivity contribution in [2.24, 2.45) is 0 Å². The van der Waals surface area contributed by atoms with Gasteiger partial charge in [-0.1, -0.05) is 48.6 Å². The molecule has 0 heteroatoms. The largest absolute Gasteiger partial charge is 0.0955 e. The summed E-state index contributed by atoms with van der Waals surface area (Å²) in [6.07, 6.45) is 0. The highest BCUT2D eigenvalue weighted by Gasteiger charge is 1.99. The molecule has 0 unspecified atom stereocenters. The fourth-order valence-electron chi connectivity index (χ4n) is 2.21. The minimum atomic E-state index is 1.11. The molecule has 0 fully saturated rings. The zero-order chi connectivity index (χ0) is 11.8. The van der Waals surface area contributed by atoms with Gasteiger partial charge in [-0.05, 0) is 52.2 Å². The maximum Gasteiger partial charge on any atom is -0.0172 e. The number of hydrogen-bond acceptors (Lipinski definition) is 0. The van der Waals surface area contributed by atoms with Gasteiger partial charge in [-0.15, -0.1) is 0 Å². The van der Waals surface area contributed by atoms with Crippen LogP contribution < -0.4 is 0 Å². The van der Waals surface area contributed by atoms with E-state index in [0.717, 1.165) is 5.57 Å². The van der Waals surface area contributed by atoms with Crippen molar-refractivity contribution in [2.75, 3.05) is 0 Å². The van der Waals surface area contributed by atoms with Gasteiger partial charge in [0.1, 0.15) is 0 Å². The van der Waals surface area contributed by atoms with E-state index in [1.165, 1.54) is 27.1 Å². The normalized spacial score (nSPS) is 10.9. The Morgan fingerprint density at radius 3 is 2.00 bits per heavy atom.